The van der Waals surface area contributed by atoms with E-state index in [4.69, 9.17) is 4.74 Å². The molecule has 5 nitrogen and oxygen atoms in total. The standard InChI is InChI=1S/C14H22N4O/c1-10(12-9-18(2)7-8-19-12)16-13-5-6-15-14(17-13)11-3-4-11/h5-6,10-12H,3-4,7-9H2,1-2H3,(H,15,16,17). The Balaban J connectivity index is 1.61. The average molecular weight is 262 g/mol. The Kier molecular flexibility index (Phi) is 3.66. The van der Waals surface area contributed by atoms with E-state index in [2.05, 4.69) is 34.2 Å². The molecule has 1 saturated heterocycles. The van der Waals surface area contributed by atoms with Crippen LogP contribution < -0.4 is 5.32 Å². The van der Waals surface area contributed by atoms with Crippen molar-refractivity contribution >= 4 is 5.82 Å². The summed E-state index contributed by atoms with van der Waals surface area (Å²) < 4.78 is 5.82. The van der Waals surface area contributed by atoms with Gasteiger partial charge < -0.3 is 15.0 Å². The first-order valence-electron chi connectivity index (χ1n) is 7.12. The molecule has 2 unspecified atom stereocenters. The van der Waals surface area contributed by atoms with Gasteiger partial charge in [-0.15, -0.1) is 0 Å². The van der Waals surface area contributed by atoms with Crippen molar-refractivity contribution in [1.29, 1.82) is 0 Å². The van der Waals surface area contributed by atoms with E-state index in [1.54, 1.807) is 0 Å². The van der Waals surface area contributed by atoms with Crippen LogP contribution >= 0.6 is 0 Å². The Hall–Kier alpha value is -1.20. The molecule has 0 spiro atoms. The molecule has 0 radical (unpaired) electrons. The topological polar surface area (TPSA) is 50.3 Å². The van der Waals surface area contributed by atoms with E-state index in [9.17, 15) is 0 Å². The lowest BCUT2D eigenvalue weighted by atomic mass is 10.1. The van der Waals surface area contributed by atoms with E-state index in [0.29, 0.717) is 5.92 Å². The summed E-state index contributed by atoms with van der Waals surface area (Å²) in [6.07, 6.45) is 4.53. The van der Waals surface area contributed by atoms with E-state index in [1.807, 2.05) is 12.3 Å². The summed E-state index contributed by atoms with van der Waals surface area (Å²) >= 11 is 0. The van der Waals surface area contributed by atoms with Gasteiger partial charge in [0.2, 0.25) is 0 Å². The van der Waals surface area contributed by atoms with Gasteiger partial charge in [0.1, 0.15) is 11.6 Å². The lowest BCUT2D eigenvalue weighted by molar-refractivity contribution is -0.0260. The zero-order valence-corrected chi connectivity index (χ0v) is 11.7. The third-order valence-corrected chi connectivity index (χ3v) is 3.85. The fraction of sp³-hybridized carbons (Fsp3) is 0.714. The van der Waals surface area contributed by atoms with Crippen LogP contribution in [0, 0.1) is 0 Å². The number of anilines is 1. The highest BCUT2D eigenvalue weighted by molar-refractivity contribution is 5.35. The molecule has 1 saturated carbocycles. The maximum atomic E-state index is 5.82. The van der Waals surface area contributed by atoms with Crippen molar-refractivity contribution in [1.82, 2.24) is 14.9 Å². The van der Waals surface area contributed by atoms with Crippen molar-refractivity contribution < 1.29 is 4.74 Å². The second-order valence-electron chi connectivity index (χ2n) is 5.68. The van der Waals surface area contributed by atoms with Gasteiger partial charge in [-0.25, -0.2) is 9.97 Å². The van der Waals surface area contributed by atoms with Crippen molar-refractivity contribution in [3.63, 3.8) is 0 Å². The molecule has 5 heteroatoms. The summed E-state index contributed by atoms with van der Waals surface area (Å²) in [6.45, 7) is 4.95. The first-order valence-corrected chi connectivity index (χ1v) is 7.12. The number of aromatic nitrogens is 2. The van der Waals surface area contributed by atoms with Crippen LogP contribution in [0.1, 0.15) is 31.5 Å². The molecular weight excluding hydrogens is 240 g/mol. The van der Waals surface area contributed by atoms with Gasteiger partial charge in [0.05, 0.1) is 18.8 Å². The molecule has 104 valence electrons. The molecule has 2 aliphatic rings. The van der Waals surface area contributed by atoms with Crippen molar-refractivity contribution in [2.24, 2.45) is 0 Å². The number of ether oxygens (including phenoxy) is 1. The molecule has 2 heterocycles. The predicted octanol–water partition coefficient (Wildman–Crippen LogP) is 1.48. The molecule has 0 amide bonds. The maximum absolute atomic E-state index is 5.82. The number of hydrogen-bond acceptors (Lipinski definition) is 5. The van der Waals surface area contributed by atoms with Crippen LogP contribution in [-0.2, 0) is 4.74 Å². The van der Waals surface area contributed by atoms with E-state index < -0.39 is 0 Å². The number of morpholine rings is 1. The minimum atomic E-state index is 0.220. The SMILES string of the molecule is CC(Nc1ccnc(C2CC2)n1)C1CN(C)CCO1. The van der Waals surface area contributed by atoms with Gasteiger partial charge in [-0.3, -0.25) is 0 Å². The van der Waals surface area contributed by atoms with Gasteiger partial charge >= 0.3 is 0 Å². The molecule has 1 N–H and O–H groups in total. The molecule has 0 bridgehead atoms. The van der Waals surface area contributed by atoms with Crippen LogP contribution in [0.2, 0.25) is 0 Å². The molecule has 1 aromatic heterocycles. The van der Waals surface area contributed by atoms with Gasteiger partial charge in [-0.2, -0.15) is 0 Å². The molecule has 2 fully saturated rings. The number of hydrogen-bond donors (Lipinski definition) is 1. The third-order valence-electron chi connectivity index (χ3n) is 3.85. The Morgan fingerprint density at radius 3 is 3.05 bits per heavy atom. The fourth-order valence-electron chi connectivity index (χ4n) is 2.43. The predicted molar refractivity (Wildman–Crippen MR) is 74.3 cm³/mol. The monoisotopic (exact) mass is 262 g/mol. The molecule has 2 atom stereocenters. The van der Waals surface area contributed by atoms with Crippen LogP contribution in [0.5, 0.6) is 0 Å². The van der Waals surface area contributed by atoms with Crippen LogP contribution in [-0.4, -0.2) is 53.8 Å². The van der Waals surface area contributed by atoms with Crippen LogP contribution in [0.25, 0.3) is 0 Å². The van der Waals surface area contributed by atoms with Gasteiger partial charge in [-0.1, -0.05) is 0 Å². The first kappa shape index (κ1) is 12.8. The molecular formula is C14H22N4O. The number of likely N-dealkylation sites (N-methyl/N-ethyl adjacent to an activating group) is 1. The second kappa shape index (κ2) is 5.43. The third kappa shape index (κ3) is 3.22. The van der Waals surface area contributed by atoms with E-state index in [-0.39, 0.29) is 12.1 Å². The van der Waals surface area contributed by atoms with Gasteiger partial charge in [0.25, 0.3) is 0 Å². The summed E-state index contributed by atoms with van der Waals surface area (Å²) in [5.74, 6) is 2.49. The quantitative estimate of drug-likeness (QED) is 0.891. The Morgan fingerprint density at radius 2 is 2.32 bits per heavy atom. The highest BCUT2D eigenvalue weighted by atomic mass is 16.5. The molecule has 1 aliphatic carbocycles. The van der Waals surface area contributed by atoms with Crippen molar-refractivity contribution in [3.8, 4) is 0 Å². The molecule has 3 rings (SSSR count). The van der Waals surface area contributed by atoms with E-state index in [0.717, 1.165) is 31.3 Å². The van der Waals surface area contributed by atoms with Crippen molar-refractivity contribution in [2.75, 3.05) is 32.1 Å². The lowest BCUT2D eigenvalue weighted by Gasteiger charge is -2.34. The molecule has 1 aliphatic heterocycles. The van der Waals surface area contributed by atoms with Gasteiger partial charge in [0, 0.05) is 25.2 Å². The van der Waals surface area contributed by atoms with Gasteiger partial charge in [-0.05, 0) is 32.9 Å². The second-order valence-corrected chi connectivity index (χ2v) is 5.68. The fourth-order valence-corrected chi connectivity index (χ4v) is 2.43. The van der Waals surface area contributed by atoms with Crippen LogP contribution in [0.15, 0.2) is 12.3 Å². The number of nitrogens with zero attached hydrogens (tertiary/aromatic N) is 3. The first-order chi connectivity index (χ1) is 9.22. The van der Waals surface area contributed by atoms with Crippen LogP contribution in [0.3, 0.4) is 0 Å². The molecule has 1 aromatic rings. The van der Waals surface area contributed by atoms with E-state index >= 15 is 0 Å². The summed E-state index contributed by atoms with van der Waals surface area (Å²) in [4.78, 5) is 11.2. The Bertz CT molecular complexity index is 435. The van der Waals surface area contributed by atoms with Crippen molar-refractivity contribution in [2.45, 2.75) is 37.8 Å². The summed E-state index contributed by atoms with van der Waals surface area (Å²) in [6, 6.07) is 2.19. The highest BCUT2D eigenvalue weighted by Crippen LogP contribution is 2.38. The number of rotatable bonds is 4. The number of nitrogens with one attached hydrogen (secondary N) is 1. The summed E-state index contributed by atoms with van der Waals surface area (Å²) in [5, 5.41) is 3.45. The lowest BCUT2D eigenvalue weighted by Crippen LogP contribution is -2.47. The minimum Gasteiger partial charge on any atom is -0.373 e. The van der Waals surface area contributed by atoms with E-state index in [1.165, 1.54) is 12.8 Å². The minimum absolute atomic E-state index is 0.220. The smallest absolute Gasteiger partial charge is 0.133 e. The Labute approximate surface area is 114 Å². The molecule has 19 heavy (non-hydrogen) atoms. The zero-order chi connectivity index (χ0) is 13.2. The average Bonchev–Trinajstić information content (AvgIpc) is 3.23. The molecule has 0 aromatic carbocycles. The van der Waals surface area contributed by atoms with Crippen molar-refractivity contribution in [3.05, 3.63) is 18.1 Å². The highest BCUT2D eigenvalue weighted by Gasteiger charge is 2.27. The largest absolute Gasteiger partial charge is 0.373 e. The Morgan fingerprint density at radius 1 is 1.47 bits per heavy atom. The summed E-state index contributed by atoms with van der Waals surface area (Å²) in [7, 11) is 2.14. The van der Waals surface area contributed by atoms with Gasteiger partial charge in [0.15, 0.2) is 0 Å². The zero-order valence-electron chi connectivity index (χ0n) is 11.7. The normalized spacial score (nSPS) is 26.1. The van der Waals surface area contributed by atoms with Crippen LogP contribution in [0.4, 0.5) is 5.82 Å². The summed E-state index contributed by atoms with van der Waals surface area (Å²) in [5.41, 5.74) is 0. The maximum Gasteiger partial charge on any atom is 0.133 e.